The summed E-state index contributed by atoms with van der Waals surface area (Å²) < 4.78 is 0.479. The molecule has 108 valence electrons. The molecule has 0 aliphatic rings. The highest BCUT2D eigenvalue weighted by Crippen LogP contribution is 2.33. The molecule has 0 aliphatic carbocycles. The molecule has 18 heavy (non-hydrogen) atoms. The molecule has 1 atom stereocenters. The summed E-state index contributed by atoms with van der Waals surface area (Å²) in [6, 6.07) is -0.350. The monoisotopic (exact) mass is 258 g/mol. The fourth-order valence-corrected chi connectivity index (χ4v) is 2.98. The number of carboxylic acid groups (broad SMARTS) is 1. The normalized spacial score (nSPS) is 14.9. The van der Waals surface area contributed by atoms with Gasteiger partial charge in [-0.1, -0.05) is 47.0 Å². The van der Waals surface area contributed by atoms with Crippen LogP contribution < -0.4 is 0 Å². The van der Waals surface area contributed by atoms with E-state index in [1.54, 1.807) is 0 Å². The van der Waals surface area contributed by atoms with E-state index in [2.05, 4.69) is 27.7 Å². The Hall–Kier alpha value is -0.570. The molecule has 3 heteroatoms. The van der Waals surface area contributed by atoms with E-state index in [1.807, 2.05) is 21.1 Å². The molecule has 0 spiro atoms. The molecule has 0 aromatic heterocycles. The second kappa shape index (κ2) is 6.55. The van der Waals surface area contributed by atoms with Gasteiger partial charge in [0.05, 0.1) is 21.1 Å². The zero-order valence-electron chi connectivity index (χ0n) is 13.3. The molecule has 1 N–H and O–H groups in total. The molecule has 0 saturated carbocycles. The Labute approximate surface area is 113 Å². The van der Waals surface area contributed by atoms with Crippen LogP contribution in [0, 0.1) is 11.3 Å². The van der Waals surface area contributed by atoms with Gasteiger partial charge in [0.25, 0.3) is 0 Å². The summed E-state index contributed by atoms with van der Waals surface area (Å²) in [5, 5.41) is 9.47. The van der Waals surface area contributed by atoms with Gasteiger partial charge in [0, 0.05) is 5.41 Å². The lowest BCUT2D eigenvalue weighted by Crippen LogP contribution is -2.57. The number of likely N-dealkylation sites (N-methyl/N-ethyl adjacent to an activating group) is 1. The van der Waals surface area contributed by atoms with Gasteiger partial charge in [0.1, 0.15) is 0 Å². The van der Waals surface area contributed by atoms with Gasteiger partial charge in [0.15, 0.2) is 6.04 Å². The molecule has 0 bridgehead atoms. The zero-order chi connectivity index (χ0) is 14.6. The Morgan fingerprint density at radius 1 is 1.17 bits per heavy atom. The number of carbonyl (C=O) groups is 1. The van der Waals surface area contributed by atoms with Gasteiger partial charge in [-0.15, -0.1) is 0 Å². The summed E-state index contributed by atoms with van der Waals surface area (Å²) >= 11 is 0. The number of quaternary nitrogens is 1. The molecule has 3 nitrogen and oxygen atoms in total. The number of hydrogen-bond donors (Lipinski definition) is 1. The Balaban J connectivity index is 4.52. The summed E-state index contributed by atoms with van der Waals surface area (Å²) in [5.74, 6) is 0.0538. The number of aliphatic carboxylic acids is 1. The fourth-order valence-electron chi connectivity index (χ4n) is 2.98. The van der Waals surface area contributed by atoms with Crippen molar-refractivity contribution < 1.29 is 14.4 Å². The number of carboxylic acids is 1. The van der Waals surface area contributed by atoms with Crippen LogP contribution in [-0.4, -0.2) is 42.7 Å². The Kier molecular flexibility index (Phi) is 6.35. The molecule has 0 saturated heterocycles. The minimum atomic E-state index is -0.684. The predicted molar refractivity (Wildman–Crippen MR) is 76.5 cm³/mol. The quantitative estimate of drug-likeness (QED) is 0.535. The van der Waals surface area contributed by atoms with Crippen molar-refractivity contribution in [2.24, 2.45) is 11.3 Å². The van der Waals surface area contributed by atoms with Crippen molar-refractivity contribution in [2.45, 2.75) is 59.4 Å². The van der Waals surface area contributed by atoms with E-state index in [9.17, 15) is 9.90 Å². The number of unbranched alkanes of at least 4 members (excludes halogenated alkanes) is 1. The summed E-state index contributed by atoms with van der Waals surface area (Å²) in [4.78, 5) is 11.5. The van der Waals surface area contributed by atoms with Crippen molar-refractivity contribution >= 4 is 5.97 Å². The van der Waals surface area contributed by atoms with E-state index in [0.717, 1.165) is 18.8 Å². The van der Waals surface area contributed by atoms with Gasteiger partial charge in [-0.3, -0.25) is 0 Å². The van der Waals surface area contributed by atoms with E-state index in [0.29, 0.717) is 4.48 Å². The number of hydrogen-bond acceptors (Lipinski definition) is 1. The first-order valence-electron chi connectivity index (χ1n) is 7.02. The van der Waals surface area contributed by atoms with Gasteiger partial charge in [-0.05, 0) is 12.3 Å². The second-order valence-electron chi connectivity index (χ2n) is 7.49. The molecule has 0 aliphatic heterocycles. The van der Waals surface area contributed by atoms with Gasteiger partial charge in [-0.2, -0.15) is 0 Å². The maximum Gasteiger partial charge on any atom is 0.363 e. The third kappa shape index (κ3) is 5.85. The minimum Gasteiger partial charge on any atom is -0.477 e. The lowest BCUT2D eigenvalue weighted by Gasteiger charge is -2.41. The van der Waals surface area contributed by atoms with Gasteiger partial charge < -0.3 is 9.59 Å². The van der Waals surface area contributed by atoms with Crippen LogP contribution in [0.25, 0.3) is 0 Å². The second-order valence-corrected chi connectivity index (χ2v) is 7.49. The smallest absolute Gasteiger partial charge is 0.363 e. The van der Waals surface area contributed by atoms with Crippen molar-refractivity contribution in [1.82, 2.24) is 0 Å². The SMILES string of the molecule is CC(C)CCCCC(C)(C)C(C(=O)O)[N+](C)(C)C. The van der Waals surface area contributed by atoms with Crippen LogP contribution in [0.1, 0.15) is 53.4 Å². The molecular weight excluding hydrogens is 226 g/mol. The standard InChI is InChI=1S/C15H31NO2/c1-12(2)10-8-9-11-15(3,4)13(14(17)18)16(5,6)7/h12-13H,8-11H2,1-7H3/p+1. The molecule has 1 unspecified atom stereocenters. The fraction of sp³-hybridized carbons (Fsp3) is 0.933. The third-order valence-corrected chi connectivity index (χ3v) is 3.60. The predicted octanol–water partition coefficient (Wildman–Crippen LogP) is 3.39. The average molecular weight is 258 g/mol. The third-order valence-electron chi connectivity index (χ3n) is 3.60. The lowest BCUT2D eigenvalue weighted by atomic mass is 9.78. The lowest BCUT2D eigenvalue weighted by molar-refractivity contribution is -0.894. The first kappa shape index (κ1) is 17.4. The Morgan fingerprint density at radius 2 is 1.67 bits per heavy atom. The van der Waals surface area contributed by atoms with Crippen molar-refractivity contribution in [3.05, 3.63) is 0 Å². The molecule has 0 radical (unpaired) electrons. The zero-order valence-corrected chi connectivity index (χ0v) is 13.3. The Bertz CT molecular complexity index is 264. The molecule has 0 heterocycles. The van der Waals surface area contributed by atoms with Crippen LogP contribution in [0.3, 0.4) is 0 Å². The van der Waals surface area contributed by atoms with Crippen LogP contribution >= 0.6 is 0 Å². The topological polar surface area (TPSA) is 37.3 Å². The summed E-state index contributed by atoms with van der Waals surface area (Å²) in [6.45, 7) is 8.64. The van der Waals surface area contributed by atoms with Crippen LogP contribution in [0.4, 0.5) is 0 Å². The highest BCUT2D eigenvalue weighted by molar-refractivity contribution is 5.73. The first-order valence-corrected chi connectivity index (χ1v) is 7.02. The van der Waals surface area contributed by atoms with Crippen LogP contribution in [0.15, 0.2) is 0 Å². The maximum absolute atomic E-state index is 11.5. The molecular formula is C15H32NO2+. The van der Waals surface area contributed by atoms with Gasteiger partial charge in [-0.25, -0.2) is 4.79 Å². The van der Waals surface area contributed by atoms with Gasteiger partial charge >= 0.3 is 5.97 Å². The largest absolute Gasteiger partial charge is 0.477 e. The van der Waals surface area contributed by atoms with E-state index >= 15 is 0 Å². The molecule has 0 aromatic carbocycles. The van der Waals surface area contributed by atoms with E-state index in [-0.39, 0.29) is 11.5 Å². The molecule has 0 rings (SSSR count). The van der Waals surface area contributed by atoms with Crippen LogP contribution in [0.2, 0.25) is 0 Å². The molecule has 0 amide bonds. The van der Waals surface area contributed by atoms with Crippen LogP contribution in [0.5, 0.6) is 0 Å². The number of rotatable bonds is 8. The maximum atomic E-state index is 11.5. The van der Waals surface area contributed by atoms with E-state index in [1.165, 1.54) is 12.8 Å². The minimum absolute atomic E-state index is 0.166. The summed E-state index contributed by atoms with van der Waals surface area (Å²) in [7, 11) is 5.90. The number of nitrogens with zero attached hydrogens (tertiary/aromatic N) is 1. The van der Waals surface area contributed by atoms with Crippen molar-refractivity contribution in [3.63, 3.8) is 0 Å². The van der Waals surface area contributed by atoms with Gasteiger partial charge in [0.2, 0.25) is 0 Å². The first-order chi connectivity index (χ1) is 7.98. The summed E-state index contributed by atoms with van der Waals surface area (Å²) in [6.07, 6.45) is 4.53. The highest BCUT2D eigenvalue weighted by Gasteiger charge is 2.44. The summed E-state index contributed by atoms with van der Waals surface area (Å²) in [5.41, 5.74) is -0.166. The highest BCUT2D eigenvalue weighted by atomic mass is 16.4. The van der Waals surface area contributed by atoms with E-state index in [4.69, 9.17) is 0 Å². The van der Waals surface area contributed by atoms with Crippen molar-refractivity contribution in [2.75, 3.05) is 21.1 Å². The molecule has 0 aromatic rings. The Morgan fingerprint density at radius 3 is 2.00 bits per heavy atom. The van der Waals surface area contributed by atoms with Crippen molar-refractivity contribution in [1.29, 1.82) is 0 Å². The van der Waals surface area contributed by atoms with Crippen molar-refractivity contribution in [3.8, 4) is 0 Å². The average Bonchev–Trinajstić information content (AvgIpc) is 2.07. The van der Waals surface area contributed by atoms with Crippen LogP contribution in [-0.2, 0) is 4.79 Å². The molecule has 0 fully saturated rings. The van der Waals surface area contributed by atoms with E-state index < -0.39 is 5.97 Å².